The minimum atomic E-state index is -1.000. The largest absolute Gasteiger partial charge is 0.487 e. The SMILES string of the molecule is CCc1cccc2c1CCC1(CCN(c3nnc(-c4nnn(C(C(=O)O)C(C)(C)C)n4)s3)CC1)O2. The second-order valence-corrected chi connectivity index (χ2v) is 11.4. The lowest BCUT2D eigenvalue weighted by atomic mass is 9.82. The van der Waals surface area contributed by atoms with Crippen LogP contribution in [0.4, 0.5) is 5.13 Å². The van der Waals surface area contributed by atoms with Crippen LogP contribution in [0.3, 0.4) is 0 Å². The molecule has 1 aromatic carbocycles. The highest BCUT2D eigenvalue weighted by atomic mass is 32.1. The van der Waals surface area contributed by atoms with Gasteiger partial charge in [0.05, 0.1) is 0 Å². The number of hydrogen-bond acceptors (Lipinski definition) is 9. The van der Waals surface area contributed by atoms with E-state index in [9.17, 15) is 9.90 Å². The number of benzene rings is 1. The van der Waals surface area contributed by atoms with Crippen LogP contribution in [0.25, 0.3) is 10.8 Å². The quantitative estimate of drug-likeness (QED) is 0.561. The van der Waals surface area contributed by atoms with E-state index in [1.165, 1.54) is 22.5 Å². The Kier molecular flexibility index (Phi) is 5.98. The molecule has 1 spiro atoms. The highest BCUT2D eigenvalue weighted by Gasteiger charge is 2.41. The lowest BCUT2D eigenvalue weighted by Crippen LogP contribution is -2.50. The maximum atomic E-state index is 11.8. The molecule has 2 aliphatic rings. The minimum absolute atomic E-state index is 0.119. The first-order valence-corrected chi connectivity index (χ1v) is 12.9. The summed E-state index contributed by atoms with van der Waals surface area (Å²) in [7, 11) is 0. The van der Waals surface area contributed by atoms with Gasteiger partial charge in [-0.2, -0.15) is 0 Å². The molecule has 1 N–H and O–H groups in total. The van der Waals surface area contributed by atoms with Crippen LogP contribution in [0.5, 0.6) is 5.75 Å². The lowest BCUT2D eigenvalue weighted by Gasteiger charge is -2.44. The Morgan fingerprint density at radius 1 is 1.20 bits per heavy atom. The van der Waals surface area contributed by atoms with E-state index in [0.29, 0.717) is 5.01 Å². The standard InChI is InChI=1S/C24H31N7O3S/c1-5-15-7-6-8-17-16(15)9-10-24(34-17)11-13-30(14-12-24)22-27-26-20(35-22)19-25-29-31(28-19)18(21(32)33)23(2,3)4/h6-8,18H,5,9-14H2,1-4H3,(H,32,33). The average Bonchev–Trinajstić information content (AvgIpc) is 3.48. The number of carbonyl (C=O) groups is 1. The van der Waals surface area contributed by atoms with Gasteiger partial charge in [-0.3, -0.25) is 0 Å². The van der Waals surface area contributed by atoms with Crippen LogP contribution in [0.15, 0.2) is 18.2 Å². The number of aromatic nitrogens is 6. The zero-order chi connectivity index (χ0) is 24.8. The van der Waals surface area contributed by atoms with Crippen molar-refractivity contribution in [3.8, 4) is 16.6 Å². The number of carboxylic acids is 1. The maximum absolute atomic E-state index is 11.8. The molecular formula is C24H31N7O3S. The Balaban J connectivity index is 1.27. The van der Waals surface area contributed by atoms with Crippen LogP contribution in [-0.2, 0) is 17.6 Å². The van der Waals surface area contributed by atoms with Crippen molar-refractivity contribution in [2.24, 2.45) is 5.41 Å². The van der Waals surface area contributed by atoms with E-state index in [1.54, 1.807) is 0 Å². The van der Waals surface area contributed by atoms with Crippen molar-refractivity contribution in [2.45, 2.75) is 71.4 Å². The molecule has 1 saturated heterocycles. The molecule has 1 fully saturated rings. The lowest BCUT2D eigenvalue weighted by molar-refractivity contribution is -0.145. The molecule has 186 valence electrons. The Labute approximate surface area is 208 Å². The number of fused-ring (bicyclic) bond motifs is 1. The second kappa shape index (κ2) is 8.85. The first-order chi connectivity index (χ1) is 16.7. The molecular weight excluding hydrogens is 466 g/mol. The van der Waals surface area contributed by atoms with Gasteiger partial charge in [-0.05, 0) is 47.1 Å². The number of ether oxygens (including phenoxy) is 1. The van der Waals surface area contributed by atoms with Gasteiger partial charge in [0.25, 0.3) is 0 Å². The third-order valence-electron chi connectivity index (χ3n) is 7.03. The zero-order valence-corrected chi connectivity index (χ0v) is 21.4. The van der Waals surface area contributed by atoms with Crippen LogP contribution < -0.4 is 9.64 Å². The van der Waals surface area contributed by atoms with E-state index in [2.05, 4.69) is 55.6 Å². The normalized spacial score (nSPS) is 18.2. The summed E-state index contributed by atoms with van der Waals surface area (Å²) in [5.74, 6) is 0.336. The fourth-order valence-electron chi connectivity index (χ4n) is 5.09. The van der Waals surface area contributed by atoms with Crippen LogP contribution in [0.1, 0.15) is 64.1 Å². The summed E-state index contributed by atoms with van der Waals surface area (Å²) in [5.41, 5.74) is 2.07. The van der Waals surface area contributed by atoms with E-state index in [1.807, 2.05) is 20.8 Å². The number of rotatable bonds is 5. The molecule has 2 aromatic heterocycles. The number of tetrazole rings is 1. The van der Waals surface area contributed by atoms with Crippen LogP contribution in [-0.4, -0.2) is 60.2 Å². The van der Waals surface area contributed by atoms with Crippen molar-refractivity contribution >= 4 is 22.4 Å². The molecule has 0 amide bonds. The number of anilines is 1. The minimum Gasteiger partial charge on any atom is -0.487 e. The molecule has 0 radical (unpaired) electrons. The molecule has 4 heterocycles. The molecule has 0 aliphatic carbocycles. The highest BCUT2D eigenvalue weighted by molar-refractivity contribution is 7.18. The van der Waals surface area contributed by atoms with Crippen molar-refractivity contribution in [1.29, 1.82) is 0 Å². The number of aliphatic carboxylic acids is 1. The van der Waals surface area contributed by atoms with Gasteiger partial charge in [0, 0.05) is 25.9 Å². The van der Waals surface area contributed by atoms with E-state index < -0.39 is 17.4 Å². The predicted molar refractivity (Wildman–Crippen MR) is 132 cm³/mol. The summed E-state index contributed by atoms with van der Waals surface area (Å²) in [4.78, 5) is 15.1. The van der Waals surface area contributed by atoms with Gasteiger partial charge in [0.2, 0.25) is 11.0 Å². The third kappa shape index (κ3) is 4.49. The molecule has 1 unspecified atom stereocenters. The molecule has 10 nitrogen and oxygen atoms in total. The van der Waals surface area contributed by atoms with Gasteiger partial charge in [-0.1, -0.05) is 51.2 Å². The Hall–Kier alpha value is -3.08. The number of carboxylic acid groups (broad SMARTS) is 1. The fourth-order valence-corrected chi connectivity index (χ4v) is 5.91. The van der Waals surface area contributed by atoms with Crippen molar-refractivity contribution in [2.75, 3.05) is 18.0 Å². The van der Waals surface area contributed by atoms with Crippen molar-refractivity contribution < 1.29 is 14.6 Å². The van der Waals surface area contributed by atoms with E-state index in [4.69, 9.17) is 4.74 Å². The van der Waals surface area contributed by atoms with Gasteiger partial charge >= 0.3 is 5.97 Å². The Bertz CT molecular complexity index is 1220. The van der Waals surface area contributed by atoms with E-state index >= 15 is 0 Å². The predicted octanol–water partition coefficient (Wildman–Crippen LogP) is 3.79. The Morgan fingerprint density at radius 2 is 1.97 bits per heavy atom. The summed E-state index contributed by atoms with van der Waals surface area (Å²) in [6.45, 7) is 9.36. The number of hydrogen-bond donors (Lipinski definition) is 1. The topological polar surface area (TPSA) is 119 Å². The molecule has 3 aromatic rings. The number of aryl methyl sites for hydroxylation is 1. The fraction of sp³-hybridized carbons (Fsp3) is 0.583. The Morgan fingerprint density at radius 3 is 2.66 bits per heavy atom. The summed E-state index contributed by atoms with van der Waals surface area (Å²) >= 11 is 1.40. The van der Waals surface area contributed by atoms with Crippen LogP contribution in [0.2, 0.25) is 0 Å². The monoisotopic (exact) mass is 497 g/mol. The second-order valence-electron chi connectivity index (χ2n) is 10.4. The van der Waals surface area contributed by atoms with Gasteiger partial charge in [0.15, 0.2) is 11.0 Å². The molecule has 0 saturated carbocycles. The third-order valence-corrected chi connectivity index (χ3v) is 8.01. The van der Waals surface area contributed by atoms with Crippen LogP contribution in [0, 0.1) is 5.41 Å². The smallest absolute Gasteiger partial charge is 0.331 e. The molecule has 0 bridgehead atoms. The molecule has 5 rings (SSSR count). The molecule has 11 heteroatoms. The van der Waals surface area contributed by atoms with Gasteiger partial charge < -0.3 is 14.7 Å². The first kappa shape index (κ1) is 23.7. The highest BCUT2D eigenvalue weighted by Crippen LogP contribution is 2.42. The van der Waals surface area contributed by atoms with Gasteiger partial charge in [-0.15, -0.1) is 25.2 Å². The van der Waals surface area contributed by atoms with Crippen molar-refractivity contribution in [3.63, 3.8) is 0 Å². The maximum Gasteiger partial charge on any atom is 0.331 e. The zero-order valence-electron chi connectivity index (χ0n) is 20.6. The van der Waals surface area contributed by atoms with Crippen molar-refractivity contribution in [1.82, 2.24) is 30.4 Å². The van der Waals surface area contributed by atoms with Crippen molar-refractivity contribution in [3.05, 3.63) is 29.3 Å². The summed E-state index contributed by atoms with van der Waals surface area (Å²) < 4.78 is 6.60. The van der Waals surface area contributed by atoms with E-state index in [-0.39, 0.29) is 11.4 Å². The molecule has 1 atom stereocenters. The van der Waals surface area contributed by atoms with Crippen LogP contribution >= 0.6 is 11.3 Å². The molecule has 2 aliphatic heterocycles. The number of piperidine rings is 1. The first-order valence-electron chi connectivity index (χ1n) is 12.1. The van der Waals surface area contributed by atoms with E-state index in [0.717, 1.165) is 60.9 Å². The van der Waals surface area contributed by atoms with Gasteiger partial charge in [0.1, 0.15) is 11.4 Å². The number of nitrogens with zero attached hydrogens (tertiary/aromatic N) is 7. The van der Waals surface area contributed by atoms with Gasteiger partial charge in [-0.25, -0.2) is 4.79 Å². The molecule has 35 heavy (non-hydrogen) atoms. The summed E-state index contributed by atoms with van der Waals surface area (Å²) in [6, 6.07) is 5.48. The average molecular weight is 498 g/mol. The summed E-state index contributed by atoms with van der Waals surface area (Å²) in [6.07, 6.45) is 4.99. The summed E-state index contributed by atoms with van der Waals surface area (Å²) in [5, 5.41) is 32.0.